The van der Waals surface area contributed by atoms with Crippen LogP contribution >= 0.6 is 11.3 Å². The van der Waals surface area contributed by atoms with E-state index in [1.165, 1.54) is 10.4 Å². The van der Waals surface area contributed by atoms with Crippen molar-refractivity contribution in [1.82, 2.24) is 10.2 Å². The third-order valence-corrected chi connectivity index (χ3v) is 5.89. The molecule has 1 saturated carbocycles. The molecular formula is C16H24N2O2S. The number of carbonyl (C=O) groups excluding carboxylic acids is 1. The molecule has 1 aromatic rings. The predicted molar refractivity (Wildman–Crippen MR) is 84.3 cm³/mol. The van der Waals surface area contributed by atoms with Crippen LogP contribution in [-0.4, -0.2) is 40.6 Å². The van der Waals surface area contributed by atoms with Gasteiger partial charge in [0.2, 0.25) is 0 Å². The molecule has 0 aromatic carbocycles. The molecule has 3 rings (SSSR count). The Balaban J connectivity index is 1.51. The minimum atomic E-state index is -1.11. The van der Waals surface area contributed by atoms with Gasteiger partial charge in [0.25, 0.3) is 5.91 Å². The van der Waals surface area contributed by atoms with Gasteiger partial charge in [-0.1, -0.05) is 0 Å². The number of aliphatic hydroxyl groups is 1. The lowest BCUT2D eigenvalue weighted by Gasteiger charge is -2.33. The molecular weight excluding hydrogens is 284 g/mol. The van der Waals surface area contributed by atoms with Crippen LogP contribution in [0, 0.1) is 0 Å². The first-order valence-corrected chi connectivity index (χ1v) is 8.76. The van der Waals surface area contributed by atoms with E-state index < -0.39 is 5.60 Å². The van der Waals surface area contributed by atoms with E-state index in [0.29, 0.717) is 25.4 Å². The lowest BCUT2D eigenvalue weighted by Crippen LogP contribution is -2.50. The van der Waals surface area contributed by atoms with Gasteiger partial charge in [-0.05, 0) is 56.0 Å². The van der Waals surface area contributed by atoms with E-state index in [2.05, 4.69) is 28.6 Å². The zero-order chi connectivity index (χ0) is 14.9. The van der Waals surface area contributed by atoms with E-state index in [-0.39, 0.29) is 5.91 Å². The fourth-order valence-corrected chi connectivity index (χ4v) is 4.26. The first-order chi connectivity index (χ1) is 10.1. The van der Waals surface area contributed by atoms with Gasteiger partial charge in [-0.2, -0.15) is 0 Å². The fourth-order valence-electron chi connectivity index (χ4n) is 3.37. The second-order valence-corrected chi connectivity index (χ2v) is 7.39. The van der Waals surface area contributed by atoms with E-state index >= 15 is 0 Å². The lowest BCUT2D eigenvalue weighted by molar-refractivity contribution is -0.139. The zero-order valence-corrected chi connectivity index (χ0v) is 13.4. The molecule has 1 aliphatic carbocycles. The number of nitrogens with zero attached hydrogens (tertiary/aromatic N) is 1. The molecule has 0 bridgehead atoms. The molecule has 1 fully saturated rings. The Morgan fingerprint density at radius 1 is 1.52 bits per heavy atom. The SMILES string of the molecule is CC(CNC(=O)C1(O)CCCC1)N1CCc2sccc2C1. The summed E-state index contributed by atoms with van der Waals surface area (Å²) in [6, 6.07) is 2.51. The molecule has 2 N–H and O–H groups in total. The summed E-state index contributed by atoms with van der Waals surface area (Å²) in [6.45, 7) is 4.78. The van der Waals surface area contributed by atoms with E-state index in [4.69, 9.17) is 0 Å². The van der Waals surface area contributed by atoms with Gasteiger partial charge < -0.3 is 10.4 Å². The van der Waals surface area contributed by atoms with Crippen molar-refractivity contribution in [2.24, 2.45) is 0 Å². The first kappa shape index (κ1) is 15.0. The highest BCUT2D eigenvalue weighted by molar-refractivity contribution is 7.10. The van der Waals surface area contributed by atoms with Gasteiger partial charge in [-0.15, -0.1) is 11.3 Å². The molecule has 0 spiro atoms. The quantitative estimate of drug-likeness (QED) is 0.893. The fraction of sp³-hybridized carbons (Fsp3) is 0.688. The molecule has 1 amide bonds. The number of amides is 1. The number of nitrogens with one attached hydrogen (secondary N) is 1. The van der Waals surface area contributed by atoms with Crippen LogP contribution in [0.25, 0.3) is 0 Å². The van der Waals surface area contributed by atoms with Gasteiger partial charge >= 0.3 is 0 Å². The molecule has 1 atom stereocenters. The molecule has 21 heavy (non-hydrogen) atoms. The van der Waals surface area contributed by atoms with Crippen molar-refractivity contribution in [3.05, 3.63) is 21.9 Å². The minimum absolute atomic E-state index is 0.180. The van der Waals surface area contributed by atoms with Crippen molar-refractivity contribution in [1.29, 1.82) is 0 Å². The molecule has 2 heterocycles. The highest BCUT2D eigenvalue weighted by atomic mass is 32.1. The van der Waals surface area contributed by atoms with Crippen LogP contribution in [0.3, 0.4) is 0 Å². The van der Waals surface area contributed by atoms with Crippen molar-refractivity contribution in [3.63, 3.8) is 0 Å². The molecule has 1 aliphatic heterocycles. The van der Waals surface area contributed by atoms with Gasteiger partial charge in [-0.3, -0.25) is 9.69 Å². The molecule has 1 aromatic heterocycles. The van der Waals surface area contributed by atoms with E-state index in [9.17, 15) is 9.90 Å². The Morgan fingerprint density at radius 2 is 2.29 bits per heavy atom. The van der Waals surface area contributed by atoms with E-state index in [0.717, 1.165) is 32.4 Å². The van der Waals surface area contributed by atoms with Gasteiger partial charge in [-0.25, -0.2) is 0 Å². The number of hydrogen-bond acceptors (Lipinski definition) is 4. The van der Waals surface area contributed by atoms with Crippen LogP contribution in [0.2, 0.25) is 0 Å². The summed E-state index contributed by atoms with van der Waals surface area (Å²) < 4.78 is 0. The summed E-state index contributed by atoms with van der Waals surface area (Å²) >= 11 is 1.84. The average molecular weight is 308 g/mol. The molecule has 1 unspecified atom stereocenters. The Hall–Kier alpha value is -0.910. The van der Waals surface area contributed by atoms with E-state index in [1.807, 2.05) is 11.3 Å². The van der Waals surface area contributed by atoms with Crippen LogP contribution in [0.1, 0.15) is 43.0 Å². The molecule has 116 valence electrons. The number of fused-ring (bicyclic) bond motifs is 1. The maximum Gasteiger partial charge on any atom is 0.252 e. The Kier molecular flexibility index (Phi) is 4.33. The van der Waals surface area contributed by atoms with Crippen molar-refractivity contribution in [3.8, 4) is 0 Å². The summed E-state index contributed by atoms with van der Waals surface area (Å²) in [5, 5.41) is 15.4. The summed E-state index contributed by atoms with van der Waals surface area (Å²) in [7, 11) is 0. The highest BCUT2D eigenvalue weighted by Crippen LogP contribution is 2.29. The Bertz CT molecular complexity index is 508. The largest absolute Gasteiger partial charge is 0.380 e. The van der Waals surface area contributed by atoms with Crippen molar-refractivity contribution < 1.29 is 9.90 Å². The van der Waals surface area contributed by atoms with E-state index in [1.54, 1.807) is 0 Å². The highest BCUT2D eigenvalue weighted by Gasteiger charge is 2.38. The lowest BCUT2D eigenvalue weighted by atomic mass is 10.0. The number of thiophene rings is 1. The van der Waals surface area contributed by atoms with Crippen molar-refractivity contribution >= 4 is 17.2 Å². The normalized spacial score (nSPS) is 22.8. The molecule has 5 heteroatoms. The van der Waals surface area contributed by atoms with Crippen molar-refractivity contribution in [2.75, 3.05) is 13.1 Å². The second-order valence-electron chi connectivity index (χ2n) is 6.39. The van der Waals surface area contributed by atoms with Crippen molar-refractivity contribution in [2.45, 2.75) is 57.2 Å². The second kappa shape index (κ2) is 6.07. The maximum absolute atomic E-state index is 12.1. The van der Waals surface area contributed by atoms with Gasteiger partial charge in [0.15, 0.2) is 0 Å². The monoisotopic (exact) mass is 308 g/mol. The Labute approximate surface area is 130 Å². The van der Waals surface area contributed by atoms with Gasteiger partial charge in [0.1, 0.15) is 5.60 Å². The van der Waals surface area contributed by atoms with Gasteiger partial charge in [0, 0.05) is 30.6 Å². The third kappa shape index (κ3) is 3.15. The summed E-state index contributed by atoms with van der Waals surface area (Å²) in [4.78, 5) is 16.0. The van der Waals surface area contributed by atoms with Crippen LogP contribution in [-0.2, 0) is 17.8 Å². The first-order valence-electron chi connectivity index (χ1n) is 7.88. The molecule has 0 radical (unpaired) electrons. The number of carbonyl (C=O) groups is 1. The Morgan fingerprint density at radius 3 is 3.05 bits per heavy atom. The topological polar surface area (TPSA) is 52.6 Å². The average Bonchev–Trinajstić information content (AvgIpc) is 3.12. The molecule has 0 saturated heterocycles. The minimum Gasteiger partial charge on any atom is -0.380 e. The zero-order valence-electron chi connectivity index (χ0n) is 12.6. The molecule has 4 nitrogen and oxygen atoms in total. The van der Waals surface area contributed by atoms with Crippen LogP contribution in [0.4, 0.5) is 0 Å². The molecule has 2 aliphatic rings. The predicted octanol–water partition coefficient (Wildman–Crippen LogP) is 1.92. The van der Waals surface area contributed by atoms with Crippen LogP contribution in [0.5, 0.6) is 0 Å². The number of hydrogen-bond donors (Lipinski definition) is 2. The van der Waals surface area contributed by atoms with Gasteiger partial charge in [0.05, 0.1) is 0 Å². The van der Waals surface area contributed by atoms with Crippen LogP contribution in [0.15, 0.2) is 11.4 Å². The maximum atomic E-state index is 12.1. The smallest absolute Gasteiger partial charge is 0.252 e. The summed E-state index contributed by atoms with van der Waals surface area (Å²) in [6.07, 6.45) is 4.22. The summed E-state index contributed by atoms with van der Waals surface area (Å²) in [5.74, 6) is -0.180. The third-order valence-electron chi connectivity index (χ3n) is 4.87. The number of rotatable bonds is 4. The summed E-state index contributed by atoms with van der Waals surface area (Å²) in [5.41, 5.74) is 0.321. The van der Waals surface area contributed by atoms with Crippen LogP contribution < -0.4 is 5.32 Å². The standard InChI is InChI=1S/C16H24N2O2S/c1-12(10-17-15(19)16(20)6-2-3-7-16)18-8-4-14-13(11-18)5-9-21-14/h5,9,12,20H,2-4,6-8,10-11H2,1H3,(H,17,19).